The summed E-state index contributed by atoms with van der Waals surface area (Å²) in [7, 11) is 0. The van der Waals surface area contributed by atoms with Crippen LogP contribution in [0.1, 0.15) is 43.0 Å². The first kappa shape index (κ1) is 18.8. The molecule has 1 aromatic carbocycles. The zero-order chi connectivity index (χ0) is 18.1. The van der Waals surface area contributed by atoms with Gasteiger partial charge in [0, 0.05) is 6.04 Å². The van der Waals surface area contributed by atoms with E-state index in [1.165, 1.54) is 37.8 Å². The van der Waals surface area contributed by atoms with E-state index in [4.69, 9.17) is 39.5 Å². The number of amides is 1. The second kappa shape index (κ2) is 7.73. The lowest BCUT2D eigenvalue weighted by molar-refractivity contribution is -0.125. The fourth-order valence-corrected chi connectivity index (χ4v) is 4.91. The Labute approximate surface area is 162 Å². The van der Waals surface area contributed by atoms with Crippen molar-refractivity contribution in [1.82, 2.24) is 5.32 Å². The van der Waals surface area contributed by atoms with Crippen LogP contribution in [0.2, 0.25) is 15.1 Å². The summed E-state index contributed by atoms with van der Waals surface area (Å²) in [5.74, 6) is 0.972. The van der Waals surface area contributed by atoms with Gasteiger partial charge in [0.2, 0.25) is 0 Å². The van der Waals surface area contributed by atoms with E-state index in [0.29, 0.717) is 11.8 Å². The number of carbonyl (C=O) groups excluding carboxylic acids is 2. The highest BCUT2D eigenvalue weighted by Gasteiger charge is 2.42. The molecule has 1 amide bonds. The van der Waals surface area contributed by atoms with E-state index in [1.807, 2.05) is 6.92 Å². The highest BCUT2D eigenvalue weighted by Crippen LogP contribution is 2.49. The van der Waals surface area contributed by atoms with Crippen LogP contribution in [0.25, 0.3) is 0 Å². The molecule has 0 heterocycles. The summed E-state index contributed by atoms with van der Waals surface area (Å²) >= 11 is 17.9. The number of hydrogen-bond acceptors (Lipinski definition) is 3. The average molecular weight is 405 g/mol. The Morgan fingerprint density at radius 3 is 2.56 bits per heavy atom. The van der Waals surface area contributed by atoms with Crippen LogP contribution in [0, 0.1) is 17.8 Å². The van der Waals surface area contributed by atoms with Crippen LogP contribution in [0.3, 0.4) is 0 Å². The first-order valence-corrected chi connectivity index (χ1v) is 9.60. The van der Waals surface area contributed by atoms with Crippen molar-refractivity contribution in [3.8, 4) is 0 Å². The van der Waals surface area contributed by atoms with Crippen molar-refractivity contribution in [2.75, 3.05) is 6.61 Å². The number of ether oxygens (including phenoxy) is 1. The Bertz CT molecular complexity index is 694. The Morgan fingerprint density at radius 2 is 1.92 bits per heavy atom. The van der Waals surface area contributed by atoms with Crippen molar-refractivity contribution >= 4 is 46.7 Å². The number of hydrogen-bond donors (Lipinski definition) is 1. The van der Waals surface area contributed by atoms with Gasteiger partial charge in [-0.1, -0.05) is 41.2 Å². The molecule has 0 saturated heterocycles. The number of fused-ring (bicyclic) bond motifs is 2. The van der Waals surface area contributed by atoms with Gasteiger partial charge in [0.05, 0.1) is 20.6 Å². The molecule has 4 atom stereocenters. The predicted molar refractivity (Wildman–Crippen MR) is 98.3 cm³/mol. The van der Waals surface area contributed by atoms with E-state index in [2.05, 4.69) is 5.32 Å². The number of nitrogens with one attached hydrogen (secondary N) is 1. The number of carbonyl (C=O) groups is 2. The molecular formula is C18H20Cl3NO3. The molecule has 25 heavy (non-hydrogen) atoms. The van der Waals surface area contributed by atoms with Crippen molar-refractivity contribution in [3.63, 3.8) is 0 Å². The van der Waals surface area contributed by atoms with Crippen LogP contribution in [0.4, 0.5) is 0 Å². The van der Waals surface area contributed by atoms with Crippen LogP contribution < -0.4 is 5.32 Å². The predicted octanol–water partition coefficient (Wildman–Crippen LogP) is 4.74. The third kappa shape index (κ3) is 4.07. The monoisotopic (exact) mass is 403 g/mol. The van der Waals surface area contributed by atoms with Gasteiger partial charge >= 0.3 is 5.97 Å². The molecule has 1 aromatic rings. The lowest BCUT2D eigenvalue weighted by atomic mass is 9.84. The molecule has 1 N–H and O–H groups in total. The van der Waals surface area contributed by atoms with Crippen molar-refractivity contribution in [2.45, 2.75) is 38.6 Å². The van der Waals surface area contributed by atoms with Gasteiger partial charge in [-0.05, 0) is 56.1 Å². The number of halogens is 3. The van der Waals surface area contributed by atoms with E-state index in [-0.39, 0.29) is 39.2 Å². The minimum Gasteiger partial charge on any atom is -0.452 e. The molecular weight excluding hydrogens is 385 g/mol. The molecule has 2 bridgehead atoms. The summed E-state index contributed by atoms with van der Waals surface area (Å²) in [6.45, 7) is 1.65. The highest BCUT2D eigenvalue weighted by atomic mass is 35.5. The van der Waals surface area contributed by atoms with Crippen LogP contribution in [0.15, 0.2) is 12.1 Å². The van der Waals surface area contributed by atoms with Crippen LogP contribution in [-0.4, -0.2) is 24.5 Å². The van der Waals surface area contributed by atoms with Crippen molar-refractivity contribution in [1.29, 1.82) is 0 Å². The maximum Gasteiger partial charge on any atom is 0.341 e. The lowest BCUT2D eigenvalue weighted by Gasteiger charge is -2.28. The first-order valence-electron chi connectivity index (χ1n) is 8.46. The van der Waals surface area contributed by atoms with Gasteiger partial charge in [-0.15, -0.1) is 0 Å². The minimum atomic E-state index is -0.764. The number of rotatable bonds is 5. The standard InChI is InChI=1S/C18H20Cl3NO3/c1-9(12-7-10-2-3-11(12)6-10)22-15(23)8-25-18(24)16-13(19)4-5-14(20)17(16)21/h4-5,9-12H,2-3,6-8H2,1H3,(H,22,23). The SMILES string of the molecule is CC(NC(=O)COC(=O)c1c(Cl)ccc(Cl)c1Cl)C1CC2CCC1C2. The quantitative estimate of drug-likeness (QED) is 0.569. The second-order valence-corrected chi connectivity index (χ2v) is 8.18. The largest absolute Gasteiger partial charge is 0.452 e. The zero-order valence-corrected chi connectivity index (χ0v) is 16.1. The topological polar surface area (TPSA) is 55.4 Å². The molecule has 2 saturated carbocycles. The van der Waals surface area contributed by atoms with E-state index in [1.54, 1.807) is 0 Å². The molecule has 2 aliphatic carbocycles. The van der Waals surface area contributed by atoms with Gasteiger partial charge in [0.15, 0.2) is 6.61 Å². The highest BCUT2D eigenvalue weighted by molar-refractivity contribution is 6.46. The molecule has 0 aromatic heterocycles. The summed E-state index contributed by atoms with van der Waals surface area (Å²) in [6.07, 6.45) is 5.04. The third-order valence-electron chi connectivity index (χ3n) is 5.41. The van der Waals surface area contributed by atoms with Gasteiger partial charge in [0.1, 0.15) is 0 Å². The molecule has 0 radical (unpaired) electrons. The molecule has 2 fully saturated rings. The number of esters is 1. The van der Waals surface area contributed by atoms with Gasteiger partial charge in [0.25, 0.3) is 5.91 Å². The summed E-state index contributed by atoms with van der Waals surface area (Å²) in [5.41, 5.74) is -0.0233. The van der Waals surface area contributed by atoms with Crippen LogP contribution >= 0.6 is 34.8 Å². The first-order chi connectivity index (χ1) is 11.9. The van der Waals surface area contributed by atoms with E-state index < -0.39 is 5.97 Å². The molecule has 7 heteroatoms. The summed E-state index contributed by atoms with van der Waals surface area (Å²) < 4.78 is 5.05. The van der Waals surface area contributed by atoms with Crippen LogP contribution in [-0.2, 0) is 9.53 Å². The number of benzene rings is 1. The van der Waals surface area contributed by atoms with E-state index >= 15 is 0 Å². The Hall–Kier alpha value is -0.970. The lowest BCUT2D eigenvalue weighted by Crippen LogP contribution is -2.42. The van der Waals surface area contributed by atoms with Crippen molar-refractivity contribution < 1.29 is 14.3 Å². The van der Waals surface area contributed by atoms with Gasteiger partial charge in [-0.25, -0.2) is 4.79 Å². The second-order valence-electron chi connectivity index (χ2n) is 6.99. The summed E-state index contributed by atoms with van der Waals surface area (Å²) in [6, 6.07) is 3.04. The molecule has 0 spiro atoms. The van der Waals surface area contributed by atoms with Crippen molar-refractivity contribution in [2.24, 2.45) is 17.8 Å². The van der Waals surface area contributed by atoms with Gasteiger partial charge in [-0.2, -0.15) is 0 Å². The van der Waals surface area contributed by atoms with Gasteiger partial charge < -0.3 is 10.1 Å². The summed E-state index contributed by atoms with van der Waals surface area (Å²) in [4.78, 5) is 24.3. The maximum atomic E-state index is 12.2. The van der Waals surface area contributed by atoms with Crippen LogP contribution in [0.5, 0.6) is 0 Å². The molecule has 4 nitrogen and oxygen atoms in total. The molecule has 3 rings (SSSR count). The molecule has 0 aliphatic heterocycles. The third-order valence-corrected chi connectivity index (χ3v) is 6.53. The Balaban J connectivity index is 1.52. The smallest absolute Gasteiger partial charge is 0.341 e. The average Bonchev–Trinajstić information content (AvgIpc) is 3.20. The zero-order valence-electron chi connectivity index (χ0n) is 13.9. The molecule has 4 unspecified atom stereocenters. The fraction of sp³-hybridized carbons (Fsp3) is 0.556. The Morgan fingerprint density at radius 1 is 1.20 bits per heavy atom. The fourth-order valence-electron chi connectivity index (χ4n) is 4.23. The molecule has 136 valence electrons. The summed E-state index contributed by atoms with van der Waals surface area (Å²) in [5, 5.41) is 3.30. The van der Waals surface area contributed by atoms with E-state index in [9.17, 15) is 9.59 Å². The normalized spacial score (nSPS) is 25.7. The maximum absolute atomic E-state index is 12.2. The van der Waals surface area contributed by atoms with Crippen molar-refractivity contribution in [3.05, 3.63) is 32.8 Å². The van der Waals surface area contributed by atoms with E-state index in [0.717, 1.165) is 5.92 Å². The molecule has 2 aliphatic rings. The minimum absolute atomic E-state index is 0.0231. The Kier molecular flexibility index (Phi) is 5.81. The van der Waals surface area contributed by atoms with Gasteiger partial charge in [-0.3, -0.25) is 4.79 Å².